The SMILES string of the molecule is CCCCCCCCCCCCC[SiH2][O][Cr](=[O])(=[O])[OH]. The van der Waals surface area contributed by atoms with Crippen molar-refractivity contribution in [2.45, 2.75) is 83.6 Å². The molecule has 0 aromatic rings. The predicted molar refractivity (Wildman–Crippen MR) is 74.5 cm³/mol. The summed E-state index contributed by atoms with van der Waals surface area (Å²) in [6.07, 6.45) is 14.2. The minimum atomic E-state index is -4.86. The third kappa shape index (κ3) is 18.3. The molecule has 0 aromatic heterocycles. The van der Waals surface area contributed by atoms with Gasteiger partial charge in [0.05, 0.1) is 0 Å². The first kappa shape index (κ1) is 19.3. The number of hydrogen-bond acceptors (Lipinski definition) is 3. The van der Waals surface area contributed by atoms with Gasteiger partial charge in [-0.1, -0.05) is 19.8 Å². The van der Waals surface area contributed by atoms with E-state index in [2.05, 4.69) is 10.4 Å². The Hall–Kier alpha value is 0.269. The van der Waals surface area contributed by atoms with Crippen molar-refractivity contribution in [1.29, 1.82) is 0 Å². The van der Waals surface area contributed by atoms with Crippen LogP contribution in [0.25, 0.3) is 0 Å². The molecule has 0 heterocycles. The summed E-state index contributed by atoms with van der Waals surface area (Å²) in [7, 11) is -1.05. The van der Waals surface area contributed by atoms with Crippen LogP contribution in [0.5, 0.6) is 0 Å². The Morgan fingerprint density at radius 3 is 1.68 bits per heavy atom. The molecule has 4 nitrogen and oxygen atoms in total. The van der Waals surface area contributed by atoms with E-state index in [1.165, 1.54) is 57.8 Å². The summed E-state index contributed by atoms with van der Waals surface area (Å²) < 4.78 is 33.7. The summed E-state index contributed by atoms with van der Waals surface area (Å²) in [5, 5.41) is 0. The van der Waals surface area contributed by atoms with Gasteiger partial charge in [0.25, 0.3) is 0 Å². The third-order valence-corrected chi connectivity index (χ3v) is 6.66. The molecule has 6 heteroatoms. The van der Waals surface area contributed by atoms with Gasteiger partial charge < -0.3 is 0 Å². The van der Waals surface area contributed by atoms with Crippen molar-refractivity contribution >= 4 is 9.76 Å². The van der Waals surface area contributed by atoms with E-state index >= 15 is 0 Å². The zero-order valence-corrected chi connectivity index (χ0v) is 15.0. The first-order valence-electron chi connectivity index (χ1n) is 7.68. The molecule has 0 rings (SSSR count). The van der Waals surface area contributed by atoms with E-state index in [0.29, 0.717) is 0 Å². The van der Waals surface area contributed by atoms with Crippen LogP contribution in [0.3, 0.4) is 0 Å². The van der Waals surface area contributed by atoms with Gasteiger partial charge in [0, 0.05) is 0 Å². The van der Waals surface area contributed by atoms with Gasteiger partial charge in [0.15, 0.2) is 0 Å². The van der Waals surface area contributed by atoms with Crippen LogP contribution >= 0.6 is 0 Å². The van der Waals surface area contributed by atoms with E-state index in [4.69, 9.17) is 4.16 Å². The molecule has 0 aliphatic carbocycles. The molecular formula is C13H30CrO4Si. The molecule has 0 aliphatic rings. The Kier molecular flexibility index (Phi) is 13.4. The number of unbranched alkanes of at least 4 members (excludes halogenated alkanes) is 10. The molecule has 0 fully saturated rings. The normalized spacial score (nSPS) is 12.5. The van der Waals surface area contributed by atoms with Crippen molar-refractivity contribution in [1.82, 2.24) is 0 Å². The molecule has 1 N–H and O–H groups in total. The summed E-state index contributed by atoms with van der Waals surface area (Å²) in [5.74, 6) is 0. The van der Waals surface area contributed by atoms with Crippen LogP contribution in [0.1, 0.15) is 77.6 Å². The average Bonchev–Trinajstić information content (AvgIpc) is 2.34. The van der Waals surface area contributed by atoms with Gasteiger partial charge in [0.2, 0.25) is 0 Å². The van der Waals surface area contributed by atoms with Crippen LogP contribution in [0.15, 0.2) is 0 Å². The van der Waals surface area contributed by atoms with Gasteiger partial charge in [-0.2, -0.15) is 0 Å². The van der Waals surface area contributed by atoms with Gasteiger partial charge in [-0.05, 0) is 0 Å². The zero-order valence-electron chi connectivity index (χ0n) is 12.3. The van der Waals surface area contributed by atoms with Crippen molar-refractivity contribution in [3.05, 3.63) is 0 Å². The maximum atomic E-state index is 10.4. The van der Waals surface area contributed by atoms with E-state index in [-0.39, 0.29) is 0 Å². The van der Waals surface area contributed by atoms with Crippen LogP contribution in [-0.4, -0.2) is 13.9 Å². The van der Waals surface area contributed by atoms with E-state index in [1.807, 2.05) is 0 Å². The molecular weight excluding hydrogens is 300 g/mol. The Morgan fingerprint density at radius 1 is 0.842 bits per heavy atom. The molecule has 0 bridgehead atoms. The standard InChI is InChI=1S/C13H29OSi.Cr.H2O.2O/c1-2-3-4-5-6-7-8-9-10-11-12-13-15-14;;;;/h2-13,15H2,1H3;;1H2;;/q-1;+2;;;/p-1. The monoisotopic (exact) mass is 330 g/mol. The molecule has 0 unspecified atom stereocenters. The second kappa shape index (κ2) is 13.3. The quantitative estimate of drug-likeness (QED) is 0.391. The summed E-state index contributed by atoms with van der Waals surface area (Å²) in [5.41, 5.74) is 0. The van der Waals surface area contributed by atoms with Gasteiger partial charge in [-0.25, -0.2) is 0 Å². The molecule has 0 radical (unpaired) electrons. The Labute approximate surface area is 122 Å². The fraction of sp³-hybridized carbons (Fsp3) is 1.00. The van der Waals surface area contributed by atoms with Crippen molar-refractivity contribution in [3.8, 4) is 0 Å². The van der Waals surface area contributed by atoms with Crippen LogP contribution in [0, 0.1) is 0 Å². The zero-order chi connectivity index (χ0) is 14.4. The fourth-order valence-corrected chi connectivity index (χ4v) is 4.53. The number of rotatable bonds is 14. The predicted octanol–water partition coefficient (Wildman–Crippen LogP) is 3.48. The third-order valence-electron chi connectivity index (χ3n) is 3.23. The van der Waals surface area contributed by atoms with Crippen LogP contribution in [-0.2, 0) is 24.7 Å². The topological polar surface area (TPSA) is 63.6 Å². The van der Waals surface area contributed by atoms with E-state index < -0.39 is 23.4 Å². The average molecular weight is 330 g/mol. The van der Waals surface area contributed by atoms with Crippen LogP contribution < -0.4 is 0 Å². The number of hydrogen-bond donors (Lipinski definition) is 1. The molecule has 0 saturated carbocycles. The Morgan fingerprint density at radius 2 is 1.26 bits per heavy atom. The summed E-state index contributed by atoms with van der Waals surface area (Å²) in [6, 6.07) is 0.848. The second-order valence-corrected chi connectivity index (χ2v) is 8.93. The maximum absolute atomic E-state index is 10.4. The summed E-state index contributed by atoms with van der Waals surface area (Å²) in [6.45, 7) is 2.24. The molecule has 116 valence electrons. The summed E-state index contributed by atoms with van der Waals surface area (Å²) in [4.78, 5) is 0. The van der Waals surface area contributed by atoms with E-state index in [9.17, 15) is 7.61 Å². The Bertz CT molecular complexity index is 280. The molecule has 0 saturated heterocycles. The first-order chi connectivity index (χ1) is 9.06. The van der Waals surface area contributed by atoms with Crippen LogP contribution in [0.4, 0.5) is 0 Å². The first-order valence-corrected chi connectivity index (χ1v) is 11.4. The Balaban J connectivity index is 3.03. The van der Waals surface area contributed by atoms with Gasteiger partial charge in [0.1, 0.15) is 0 Å². The van der Waals surface area contributed by atoms with Crippen LogP contribution in [0.2, 0.25) is 6.04 Å². The molecule has 19 heavy (non-hydrogen) atoms. The van der Waals surface area contributed by atoms with E-state index in [0.717, 1.165) is 18.9 Å². The van der Waals surface area contributed by atoms with Crippen molar-refractivity contribution in [2.75, 3.05) is 0 Å². The van der Waals surface area contributed by atoms with Crippen molar-refractivity contribution < 1.29 is 28.9 Å². The molecule has 0 atom stereocenters. The van der Waals surface area contributed by atoms with Crippen molar-refractivity contribution in [3.63, 3.8) is 0 Å². The second-order valence-electron chi connectivity index (χ2n) is 5.14. The summed E-state index contributed by atoms with van der Waals surface area (Å²) >= 11 is -4.86. The molecule has 0 aromatic carbocycles. The van der Waals surface area contributed by atoms with Gasteiger partial charge in [-0.15, -0.1) is 0 Å². The molecule has 0 aliphatic heterocycles. The fourth-order valence-electron chi connectivity index (χ4n) is 2.11. The molecule has 0 spiro atoms. The van der Waals surface area contributed by atoms with Gasteiger partial charge >= 0.3 is 102 Å². The van der Waals surface area contributed by atoms with Gasteiger partial charge in [-0.3, -0.25) is 0 Å². The van der Waals surface area contributed by atoms with E-state index in [1.54, 1.807) is 0 Å². The molecule has 0 amide bonds. The minimum absolute atomic E-state index is 0.848. The van der Waals surface area contributed by atoms with Crippen molar-refractivity contribution in [2.24, 2.45) is 0 Å².